The molecule has 0 radical (unpaired) electrons. The standard InChI is InChI=1S/C11H19N5/c1-8-7-16(2)6-3-9(8)15-11-10(12)13-4-5-14-11/h4-5,8-9H,3,6-7H2,1-2H3,(H2,12,13)(H,14,15). The third kappa shape index (κ3) is 2.41. The van der Waals surface area contributed by atoms with E-state index < -0.39 is 0 Å². The molecule has 1 aromatic rings. The molecule has 2 atom stereocenters. The van der Waals surface area contributed by atoms with Crippen LogP contribution in [-0.2, 0) is 0 Å². The van der Waals surface area contributed by atoms with Crippen molar-refractivity contribution in [2.45, 2.75) is 19.4 Å². The van der Waals surface area contributed by atoms with E-state index in [1.807, 2.05) is 0 Å². The number of nitrogen functional groups attached to an aromatic ring is 1. The number of hydrogen-bond acceptors (Lipinski definition) is 5. The lowest BCUT2D eigenvalue weighted by Crippen LogP contribution is -2.43. The highest BCUT2D eigenvalue weighted by Gasteiger charge is 2.24. The van der Waals surface area contributed by atoms with Crippen LogP contribution in [0.15, 0.2) is 12.4 Å². The van der Waals surface area contributed by atoms with Gasteiger partial charge >= 0.3 is 0 Å². The van der Waals surface area contributed by atoms with E-state index >= 15 is 0 Å². The van der Waals surface area contributed by atoms with Crippen LogP contribution < -0.4 is 11.1 Å². The predicted molar refractivity (Wildman–Crippen MR) is 65.1 cm³/mol. The summed E-state index contributed by atoms with van der Waals surface area (Å²) in [5.74, 6) is 1.79. The summed E-state index contributed by atoms with van der Waals surface area (Å²) in [6, 6.07) is 0.440. The lowest BCUT2D eigenvalue weighted by Gasteiger charge is -2.35. The zero-order valence-corrected chi connectivity index (χ0v) is 9.85. The van der Waals surface area contributed by atoms with Gasteiger partial charge in [-0.25, -0.2) is 9.97 Å². The third-order valence-electron chi connectivity index (χ3n) is 3.16. The molecule has 0 saturated carbocycles. The van der Waals surface area contributed by atoms with Crippen LogP contribution in [0.1, 0.15) is 13.3 Å². The number of nitrogens with one attached hydrogen (secondary N) is 1. The molecule has 0 aliphatic carbocycles. The summed E-state index contributed by atoms with van der Waals surface area (Å²) in [5, 5.41) is 3.39. The molecule has 1 fully saturated rings. The fourth-order valence-corrected chi connectivity index (χ4v) is 2.20. The summed E-state index contributed by atoms with van der Waals surface area (Å²) in [6.45, 7) is 4.47. The number of aromatic nitrogens is 2. The quantitative estimate of drug-likeness (QED) is 0.773. The number of hydrogen-bond donors (Lipinski definition) is 2. The van der Waals surface area contributed by atoms with Crippen molar-refractivity contribution in [3.63, 3.8) is 0 Å². The molecular weight excluding hydrogens is 202 g/mol. The average Bonchev–Trinajstić information content (AvgIpc) is 2.25. The van der Waals surface area contributed by atoms with Crippen LogP contribution in [0.2, 0.25) is 0 Å². The molecule has 3 N–H and O–H groups in total. The van der Waals surface area contributed by atoms with E-state index in [-0.39, 0.29) is 0 Å². The maximum absolute atomic E-state index is 5.76. The molecule has 2 heterocycles. The highest BCUT2D eigenvalue weighted by Crippen LogP contribution is 2.21. The number of rotatable bonds is 2. The van der Waals surface area contributed by atoms with E-state index in [1.165, 1.54) is 0 Å². The SMILES string of the molecule is CC1CN(C)CCC1Nc1nccnc1N. The minimum Gasteiger partial charge on any atom is -0.381 e. The molecule has 5 nitrogen and oxygen atoms in total. The van der Waals surface area contributed by atoms with E-state index in [0.29, 0.717) is 23.6 Å². The van der Waals surface area contributed by atoms with E-state index in [1.54, 1.807) is 12.4 Å². The monoisotopic (exact) mass is 221 g/mol. The Hall–Kier alpha value is -1.36. The topological polar surface area (TPSA) is 67.1 Å². The molecule has 16 heavy (non-hydrogen) atoms. The van der Waals surface area contributed by atoms with Crippen molar-refractivity contribution in [2.75, 3.05) is 31.2 Å². The molecule has 2 rings (SSSR count). The van der Waals surface area contributed by atoms with E-state index in [4.69, 9.17) is 5.73 Å². The summed E-state index contributed by atoms with van der Waals surface area (Å²) < 4.78 is 0. The Kier molecular flexibility index (Phi) is 3.24. The van der Waals surface area contributed by atoms with Gasteiger partial charge < -0.3 is 16.0 Å². The second kappa shape index (κ2) is 4.65. The van der Waals surface area contributed by atoms with E-state index in [9.17, 15) is 0 Å². The zero-order valence-electron chi connectivity index (χ0n) is 9.85. The summed E-state index contributed by atoms with van der Waals surface area (Å²) in [6.07, 6.45) is 4.39. The summed E-state index contributed by atoms with van der Waals surface area (Å²) in [5.41, 5.74) is 5.76. The first kappa shape index (κ1) is 11.1. The normalized spacial score (nSPS) is 26.6. The van der Waals surface area contributed by atoms with Gasteiger partial charge in [0, 0.05) is 25.0 Å². The summed E-state index contributed by atoms with van der Waals surface area (Å²) >= 11 is 0. The second-order valence-electron chi connectivity index (χ2n) is 4.57. The van der Waals surface area contributed by atoms with Gasteiger partial charge in [0.05, 0.1) is 0 Å². The molecule has 0 amide bonds. The fourth-order valence-electron chi connectivity index (χ4n) is 2.20. The van der Waals surface area contributed by atoms with Crippen LogP contribution in [0.4, 0.5) is 11.6 Å². The van der Waals surface area contributed by atoms with Gasteiger partial charge in [-0.15, -0.1) is 0 Å². The number of anilines is 2. The Morgan fingerprint density at radius 3 is 2.88 bits per heavy atom. The van der Waals surface area contributed by atoms with Crippen molar-refractivity contribution in [3.8, 4) is 0 Å². The number of piperidine rings is 1. The Balaban J connectivity index is 2.02. The van der Waals surface area contributed by atoms with Crippen molar-refractivity contribution in [2.24, 2.45) is 5.92 Å². The molecule has 1 aromatic heterocycles. The third-order valence-corrected chi connectivity index (χ3v) is 3.16. The van der Waals surface area contributed by atoms with Crippen LogP contribution in [0, 0.1) is 5.92 Å². The highest BCUT2D eigenvalue weighted by atomic mass is 15.1. The number of likely N-dealkylation sites (tertiary alicyclic amines) is 1. The highest BCUT2D eigenvalue weighted by molar-refractivity contribution is 5.55. The van der Waals surface area contributed by atoms with Gasteiger partial charge in [-0.3, -0.25) is 0 Å². The smallest absolute Gasteiger partial charge is 0.169 e. The van der Waals surface area contributed by atoms with Gasteiger partial charge in [-0.1, -0.05) is 6.92 Å². The van der Waals surface area contributed by atoms with Crippen molar-refractivity contribution in [3.05, 3.63) is 12.4 Å². The molecule has 1 aliphatic rings. The van der Waals surface area contributed by atoms with Crippen LogP contribution in [0.5, 0.6) is 0 Å². The first-order valence-electron chi connectivity index (χ1n) is 5.68. The zero-order chi connectivity index (χ0) is 11.5. The Morgan fingerprint density at radius 2 is 2.19 bits per heavy atom. The molecule has 0 spiro atoms. The predicted octanol–water partition coefficient (Wildman–Crippen LogP) is 0.811. The van der Waals surface area contributed by atoms with Crippen molar-refractivity contribution < 1.29 is 0 Å². The summed E-state index contributed by atoms with van der Waals surface area (Å²) in [4.78, 5) is 10.6. The maximum Gasteiger partial charge on any atom is 0.169 e. The Morgan fingerprint density at radius 1 is 1.44 bits per heavy atom. The van der Waals surface area contributed by atoms with E-state index in [2.05, 4.69) is 34.2 Å². The largest absolute Gasteiger partial charge is 0.381 e. The fraction of sp³-hybridized carbons (Fsp3) is 0.636. The Labute approximate surface area is 96.1 Å². The Bertz CT molecular complexity index is 354. The molecule has 0 aromatic carbocycles. The van der Waals surface area contributed by atoms with Gasteiger partial charge in [0.2, 0.25) is 0 Å². The van der Waals surface area contributed by atoms with Gasteiger partial charge in [0.1, 0.15) is 0 Å². The van der Waals surface area contributed by atoms with Gasteiger partial charge in [0.25, 0.3) is 0 Å². The van der Waals surface area contributed by atoms with Crippen molar-refractivity contribution in [1.29, 1.82) is 0 Å². The first-order chi connectivity index (χ1) is 7.66. The average molecular weight is 221 g/mol. The van der Waals surface area contributed by atoms with Crippen LogP contribution in [0.3, 0.4) is 0 Å². The minimum atomic E-state index is 0.440. The van der Waals surface area contributed by atoms with Gasteiger partial charge in [-0.2, -0.15) is 0 Å². The lowest BCUT2D eigenvalue weighted by molar-refractivity contribution is 0.206. The van der Waals surface area contributed by atoms with Crippen LogP contribution >= 0.6 is 0 Å². The minimum absolute atomic E-state index is 0.440. The van der Waals surface area contributed by atoms with E-state index in [0.717, 1.165) is 19.5 Å². The van der Waals surface area contributed by atoms with Crippen LogP contribution in [-0.4, -0.2) is 41.0 Å². The molecular formula is C11H19N5. The summed E-state index contributed by atoms with van der Waals surface area (Å²) in [7, 11) is 2.16. The van der Waals surface area contributed by atoms with Gasteiger partial charge in [-0.05, 0) is 25.9 Å². The molecule has 2 unspecified atom stereocenters. The maximum atomic E-state index is 5.76. The first-order valence-corrected chi connectivity index (χ1v) is 5.68. The lowest BCUT2D eigenvalue weighted by atomic mass is 9.94. The molecule has 88 valence electrons. The molecule has 0 bridgehead atoms. The molecule has 5 heteroatoms. The van der Waals surface area contributed by atoms with Crippen molar-refractivity contribution in [1.82, 2.24) is 14.9 Å². The molecule has 1 saturated heterocycles. The van der Waals surface area contributed by atoms with Crippen molar-refractivity contribution >= 4 is 11.6 Å². The van der Waals surface area contributed by atoms with Crippen LogP contribution in [0.25, 0.3) is 0 Å². The number of nitrogens with zero attached hydrogens (tertiary/aromatic N) is 3. The second-order valence-corrected chi connectivity index (χ2v) is 4.57. The molecule has 1 aliphatic heterocycles. The van der Waals surface area contributed by atoms with Gasteiger partial charge in [0.15, 0.2) is 11.6 Å². The number of nitrogens with two attached hydrogens (primary N) is 1.